The summed E-state index contributed by atoms with van der Waals surface area (Å²) in [5, 5.41) is 6.74. The van der Waals surface area contributed by atoms with Crippen molar-refractivity contribution in [3.8, 4) is 0 Å². The van der Waals surface area contributed by atoms with Crippen molar-refractivity contribution in [3.63, 3.8) is 0 Å². The van der Waals surface area contributed by atoms with E-state index in [4.69, 9.17) is 0 Å². The van der Waals surface area contributed by atoms with Crippen LogP contribution in [0.25, 0.3) is 0 Å². The van der Waals surface area contributed by atoms with Gasteiger partial charge in [-0.2, -0.15) is 0 Å². The van der Waals surface area contributed by atoms with Crippen LogP contribution in [0.2, 0.25) is 0 Å². The predicted octanol–water partition coefficient (Wildman–Crippen LogP) is 4.56. The minimum Gasteiger partial charge on any atom is -0.385 e. The average molecular weight is 335 g/mol. The lowest BCUT2D eigenvalue weighted by Crippen LogP contribution is -2.15. The summed E-state index contributed by atoms with van der Waals surface area (Å²) < 4.78 is 14.0. The monoisotopic (exact) mass is 334 g/mol. The Morgan fingerprint density at radius 1 is 1.25 bits per heavy atom. The number of anilines is 2. The number of hydrogen-bond acceptors (Lipinski definition) is 2. The number of fused-ring (bicyclic) bond motifs is 1. The number of rotatable bonds is 3. The molecule has 0 aromatic heterocycles. The molecule has 0 aliphatic carbocycles. The minimum absolute atomic E-state index is 0.247. The first-order chi connectivity index (χ1) is 9.74. The number of nitrogens with one attached hydrogen (secondary N) is 2. The van der Waals surface area contributed by atoms with E-state index in [1.54, 1.807) is 6.07 Å². The molecule has 1 aliphatic heterocycles. The molecule has 2 aromatic rings. The molecule has 0 atom stereocenters. The standard InChI is InChI=1S/C16H16BrFN2/c17-14-7-6-13(9-15(14)18)20-10-12-4-1-3-11-5-2-8-19-16(11)12/h1,3-4,6-7,9,19-20H,2,5,8,10H2. The van der Waals surface area contributed by atoms with Gasteiger partial charge in [-0.05, 0) is 58.1 Å². The summed E-state index contributed by atoms with van der Waals surface area (Å²) in [6.07, 6.45) is 2.31. The van der Waals surface area contributed by atoms with Gasteiger partial charge in [0, 0.05) is 24.5 Å². The number of hydrogen-bond donors (Lipinski definition) is 2. The van der Waals surface area contributed by atoms with Crippen LogP contribution >= 0.6 is 15.9 Å². The quantitative estimate of drug-likeness (QED) is 0.859. The molecule has 0 bridgehead atoms. The Hall–Kier alpha value is -1.55. The lowest BCUT2D eigenvalue weighted by molar-refractivity contribution is 0.621. The van der Waals surface area contributed by atoms with E-state index in [9.17, 15) is 4.39 Å². The molecule has 0 radical (unpaired) electrons. The SMILES string of the molecule is Fc1cc(NCc2cccc3c2NCCC3)ccc1Br. The Morgan fingerprint density at radius 2 is 2.15 bits per heavy atom. The Morgan fingerprint density at radius 3 is 3.00 bits per heavy atom. The zero-order chi connectivity index (χ0) is 13.9. The lowest BCUT2D eigenvalue weighted by atomic mass is 9.99. The van der Waals surface area contributed by atoms with Gasteiger partial charge in [-0.1, -0.05) is 18.2 Å². The maximum absolute atomic E-state index is 13.5. The second kappa shape index (κ2) is 5.83. The van der Waals surface area contributed by atoms with Gasteiger partial charge in [-0.3, -0.25) is 0 Å². The molecule has 0 spiro atoms. The van der Waals surface area contributed by atoms with E-state index in [2.05, 4.69) is 44.8 Å². The van der Waals surface area contributed by atoms with Gasteiger partial charge >= 0.3 is 0 Å². The second-order valence-electron chi connectivity index (χ2n) is 4.96. The molecule has 0 saturated carbocycles. The maximum Gasteiger partial charge on any atom is 0.139 e. The highest BCUT2D eigenvalue weighted by Gasteiger charge is 2.12. The summed E-state index contributed by atoms with van der Waals surface area (Å²) in [6, 6.07) is 11.5. The van der Waals surface area contributed by atoms with Crippen LogP contribution in [-0.4, -0.2) is 6.54 Å². The first kappa shape index (κ1) is 13.4. The van der Waals surface area contributed by atoms with Gasteiger partial charge in [-0.25, -0.2) is 4.39 Å². The molecule has 2 N–H and O–H groups in total. The molecule has 20 heavy (non-hydrogen) atoms. The molecule has 0 saturated heterocycles. The summed E-state index contributed by atoms with van der Waals surface area (Å²) in [6.45, 7) is 1.72. The molecule has 1 aliphatic rings. The number of benzene rings is 2. The summed E-state index contributed by atoms with van der Waals surface area (Å²) >= 11 is 3.16. The number of aryl methyl sites for hydroxylation is 1. The fraction of sp³-hybridized carbons (Fsp3) is 0.250. The van der Waals surface area contributed by atoms with Crippen molar-refractivity contribution < 1.29 is 4.39 Å². The van der Waals surface area contributed by atoms with Crippen molar-refractivity contribution in [1.29, 1.82) is 0 Å². The fourth-order valence-corrected chi connectivity index (χ4v) is 2.78. The van der Waals surface area contributed by atoms with Crippen LogP contribution in [0.1, 0.15) is 17.5 Å². The van der Waals surface area contributed by atoms with Crippen LogP contribution in [0.5, 0.6) is 0 Å². The third-order valence-electron chi connectivity index (χ3n) is 3.56. The van der Waals surface area contributed by atoms with Crippen molar-refractivity contribution in [1.82, 2.24) is 0 Å². The van der Waals surface area contributed by atoms with E-state index in [0.29, 0.717) is 11.0 Å². The summed E-state index contributed by atoms with van der Waals surface area (Å²) in [5.41, 5.74) is 4.63. The molecule has 2 aromatic carbocycles. The summed E-state index contributed by atoms with van der Waals surface area (Å²) in [7, 11) is 0. The molecule has 0 amide bonds. The van der Waals surface area contributed by atoms with E-state index >= 15 is 0 Å². The zero-order valence-electron chi connectivity index (χ0n) is 11.0. The van der Waals surface area contributed by atoms with Crippen LogP contribution in [0.3, 0.4) is 0 Å². The van der Waals surface area contributed by atoms with Gasteiger partial charge in [0.05, 0.1) is 4.47 Å². The third-order valence-corrected chi connectivity index (χ3v) is 4.21. The highest BCUT2D eigenvalue weighted by atomic mass is 79.9. The topological polar surface area (TPSA) is 24.1 Å². The largest absolute Gasteiger partial charge is 0.385 e. The minimum atomic E-state index is -0.247. The van der Waals surface area contributed by atoms with Crippen molar-refractivity contribution in [2.75, 3.05) is 17.2 Å². The van der Waals surface area contributed by atoms with Gasteiger partial charge < -0.3 is 10.6 Å². The molecular weight excluding hydrogens is 319 g/mol. The lowest BCUT2D eigenvalue weighted by Gasteiger charge is -2.21. The number of halogens is 2. The number of para-hydroxylation sites is 1. The van der Waals surface area contributed by atoms with Crippen molar-refractivity contribution in [3.05, 3.63) is 57.8 Å². The third kappa shape index (κ3) is 2.80. The van der Waals surface area contributed by atoms with Crippen LogP contribution in [0, 0.1) is 5.82 Å². The van der Waals surface area contributed by atoms with Gasteiger partial charge in [0.25, 0.3) is 0 Å². The Labute approximate surface area is 126 Å². The molecule has 0 unspecified atom stereocenters. The molecule has 0 fully saturated rings. The van der Waals surface area contributed by atoms with Crippen LogP contribution < -0.4 is 10.6 Å². The van der Waals surface area contributed by atoms with Gasteiger partial charge in [0.1, 0.15) is 5.82 Å². The Balaban J connectivity index is 1.76. The van der Waals surface area contributed by atoms with E-state index < -0.39 is 0 Å². The first-order valence-electron chi connectivity index (χ1n) is 6.77. The Bertz CT molecular complexity index is 628. The van der Waals surface area contributed by atoms with Crippen molar-refractivity contribution in [2.24, 2.45) is 0 Å². The van der Waals surface area contributed by atoms with Gasteiger partial charge in [0.2, 0.25) is 0 Å². The molecular formula is C16H16BrFN2. The fourth-order valence-electron chi connectivity index (χ4n) is 2.53. The highest BCUT2D eigenvalue weighted by Crippen LogP contribution is 2.27. The molecule has 104 valence electrons. The van der Waals surface area contributed by atoms with E-state index in [0.717, 1.165) is 18.7 Å². The van der Waals surface area contributed by atoms with E-state index in [1.165, 1.54) is 29.3 Å². The van der Waals surface area contributed by atoms with Gasteiger partial charge in [0.15, 0.2) is 0 Å². The van der Waals surface area contributed by atoms with E-state index in [1.807, 2.05) is 6.07 Å². The van der Waals surface area contributed by atoms with Crippen molar-refractivity contribution in [2.45, 2.75) is 19.4 Å². The molecule has 3 rings (SSSR count). The summed E-state index contributed by atoms with van der Waals surface area (Å²) in [5.74, 6) is -0.247. The Kier molecular flexibility index (Phi) is 3.92. The van der Waals surface area contributed by atoms with Gasteiger partial charge in [-0.15, -0.1) is 0 Å². The summed E-state index contributed by atoms with van der Waals surface area (Å²) in [4.78, 5) is 0. The van der Waals surface area contributed by atoms with Crippen molar-refractivity contribution >= 4 is 27.3 Å². The predicted molar refractivity (Wildman–Crippen MR) is 84.7 cm³/mol. The molecule has 1 heterocycles. The highest BCUT2D eigenvalue weighted by molar-refractivity contribution is 9.10. The molecule has 4 heteroatoms. The first-order valence-corrected chi connectivity index (χ1v) is 7.57. The maximum atomic E-state index is 13.5. The normalized spacial score (nSPS) is 13.5. The van der Waals surface area contributed by atoms with Crippen LogP contribution in [0.15, 0.2) is 40.9 Å². The average Bonchev–Trinajstić information content (AvgIpc) is 2.48. The zero-order valence-corrected chi connectivity index (χ0v) is 12.6. The van der Waals surface area contributed by atoms with Crippen LogP contribution in [0.4, 0.5) is 15.8 Å². The van der Waals surface area contributed by atoms with Crippen LogP contribution in [-0.2, 0) is 13.0 Å². The van der Waals surface area contributed by atoms with E-state index in [-0.39, 0.29) is 5.82 Å². The smallest absolute Gasteiger partial charge is 0.139 e. The second-order valence-corrected chi connectivity index (χ2v) is 5.82. The molecule has 2 nitrogen and oxygen atoms in total.